The van der Waals surface area contributed by atoms with Crippen LogP contribution >= 0.6 is 0 Å². The molecular formula is C22H30N4O4. The molecule has 3 amide bonds. The van der Waals surface area contributed by atoms with E-state index in [4.69, 9.17) is 4.74 Å². The molecule has 3 N–H and O–H groups in total. The second-order valence-electron chi connectivity index (χ2n) is 8.35. The van der Waals surface area contributed by atoms with Gasteiger partial charge in [-0.15, -0.1) is 0 Å². The maximum absolute atomic E-state index is 13.1. The summed E-state index contributed by atoms with van der Waals surface area (Å²) in [6.07, 6.45) is 3.73. The monoisotopic (exact) mass is 414 g/mol. The van der Waals surface area contributed by atoms with Crippen LogP contribution in [0, 0.1) is 0 Å². The molecule has 3 aliphatic rings. The average molecular weight is 415 g/mol. The number of rotatable bonds is 5. The first-order chi connectivity index (χ1) is 14.5. The van der Waals surface area contributed by atoms with E-state index in [2.05, 4.69) is 28.1 Å². The van der Waals surface area contributed by atoms with Gasteiger partial charge < -0.3 is 25.6 Å². The van der Waals surface area contributed by atoms with Gasteiger partial charge in [0.1, 0.15) is 18.3 Å². The van der Waals surface area contributed by atoms with Crippen molar-refractivity contribution >= 4 is 17.7 Å². The van der Waals surface area contributed by atoms with Crippen LogP contribution in [0.4, 0.5) is 0 Å². The Labute approximate surface area is 176 Å². The predicted molar refractivity (Wildman–Crippen MR) is 110 cm³/mol. The highest BCUT2D eigenvalue weighted by Gasteiger charge is 2.47. The van der Waals surface area contributed by atoms with Crippen LogP contribution in [0.2, 0.25) is 0 Å². The van der Waals surface area contributed by atoms with Crippen LogP contribution in [-0.2, 0) is 25.5 Å². The van der Waals surface area contributed by atoms with Gasteiger partial charge in [-0.1, -0.05) is 24.3 Å². The molecule has 0 bridgehead atoms. The first kappa shape index (κ1) is 20.8. The number of nitrogens with one attached hydrogen (secondary N) is 3. The molecule has 5 atom stereocenters. The van der Waals surface area contributed by atoms with Gasteiger partial charge in [-0.25, -0.2) is 0 Å². The number of hydrogen-bond acceptors (Lipinski definition) is 5. The Bertz CT molecular complexity index is 829. The number of benzene rings is 1. The van der Waals surface area contributed by atoms with E-state index < -0.39 is 24.4 Å². The summed E-state index contributed by atoms with van der Waals surface area (Å²) in [5.74, 6) is -0.659. The Balaban J connectivity index is 1.44. The van der Waals surface area contributed by atoms with Gasteiger partial charge in [0.25, 0.3) is 0 Å². The number of nitrogens with zero attached hydrogens (tertiary/aromatic N) is 1. The number of carbonyl (C=O) groups is 3. The predicted octanol–water partition coefficient (Wildman–Crippen LogP) is 0.620. The van der Waals surface area contributed by atoms with Gasteiger partial charge in [0.15, 0.2) is 0 Å². The van der Waals surface area contributed by atoms with Gasteiger partial charge >= 0.3 is 0 Å². The lowest BCUT2D eigenvalue weighted by atomic mass is 9.87. The van der Waals surface area contributed by atoms with Crippen LogP contribution in [0.5, 0.6) is 0 Å². The van der Waals surface area contributed by atoms with Crippen LogP contribution in [0.1, 0.15) is 49.8 Å². The fourth-order valence-corrected chi connectivity index (χ4v) is 4.66. The van der Waals surface area contributed by atoms with E-state index in [1.54, 1.807) is 14.0 Å². The highest BCUT2D eigenvalue weighted by atomic mass is 16.5. The molecule has 162 valence electrons. The van der Waals surface area contributed by atoms with Crippen molar-refractivity contribution in [1.82, 2.24) is 20.9 Å². The summed E-state index contributed by atoms with van der Waals surface area (Å²) in [6.45, 7) is 1.85. The number of ether oxygens (including phenoxy) is 1. The highest BCUT2D eigenvalue weighted by molar-refractivity contribution is 5.94. The molecule has 0 radical (unpaired) electrons. The van der Waals surface area contributed by atoms with Crippen molar-refractivity contribution in [2.75, 3.05) is 13.7 Å². The van der Waals surface area contributed by atoms with Crippen molar-refractivity contribution in [3.63, 3.8) is 0 Å². The minimum absolute atomic E-state index is 0.0331. The summed E-state index contributed by atoms with van der Waals surface area (Å²) in [5.41, 5.74) is 2.44. The zero-order valence-electron chi connectivity index (χ0n) is 17.5. The zero-order chi connectivity index (χ0) is 21.3. The number of amides is 3. The molecule has 0 spiro atoms. The summed E-state index contributed by atoms with van der Waals surface area (Å²) in [4.78, 5) is 40.0. The third-order valence-corrected chi connectivity index (χ3v) is 6.47. The lowest BCUT2D eigenvalue weighted by molar-refractivity contribution is -0.167. The summed E-state index contributed by atoms with van der Waals surface area (Å²) < 4.78 is 5.82. The molecule has 2 heterocycles. The summed E-state index contributed by atoms with van der Waals surface area (Å²) in [5, 5.41) is 8.76. The lowest BCUT2D eigenvalue weighted by Crippen LogP contribution is -2.62. The molecule has 2 fully saturated rings. The Morgan fingerprint density at radius 1 is 1.13 bits per heavy atom. The maximum Gasteiger partial charge on any atom is 0.250 e. The maximum atomic E-state index is 13.1. The average Bonchev–Trinajstić information content (AvgIpc) is 3.20. The third-order valence-electron chi connectivity index (χ3n) is 6.47. The zero-order valence-corrected chi connectivity index (χ0v) is 17.5. The fraction of sp³-hybridized carbons (Fsp3) is 0.591. The number of likely N-dealkylation sites (N-methyl/N-ethyl adjacent to an activating group) is 1. The lowest BCUT2D eigenvalue weighted by Gasteiger charge is -2.38. The van der Waals surface area contributed by atoms with Crippen LogP contribution in [0.3, 0.4) is 0 Å². The SMILES string of the molecule is CN[C@@H](C)C(=O)N[C@H]1CO[C@H]2CCC(C(=O)N[C@@H]3CCCc4ccccc43)N2C1=O. The first-order valence-electron chi connectivity index (χ1n) is 10.8. The van der Waals surface area contributed by atoms with Gasteiger partial charge in [-0.2, -0.15) is 0 Å². The summed E-state index contributed by atoms with van der Waals surface area (Å²) >= 11 is 0. The number of carbonyl (C=O) groups excluding carboxylic acids is 3. The van der Waals surface area contributed by atoms with E-state index in [0.717, 1.165) is 19.3 Å². The summed E-state index contributed by atoms with van der Waals surface area (Å²) in [7, 11) is 1.68. The van der Waals surface area contributed by atoms with E-state index >= 15 is 0 Å². The molecule has 30 heavy (non-hydrogen) atoms. The van der Waals surface area contributed by atoms with E-state index in [9.17, 15) is 14.4 Å². The molecule has 1 aromatic rings. The van der Waals surface area contributed by atoms with Crippen molar-refractivity contribution < 1.29 is 19.1 Å². The van der Waals surface area contributed by atoms with E-state index in [0.29, 0.717) is 12.8 Å². The van der Waals surface area contributed by atoms with Crippen molar-refractivity contribution in [3.8, 4) is 0 Å². The van der Waals surface area contributed by atoms with Gasteiger partial charge in [-0.05, 0) is 57.2 Å². The Morgan fingerprint density at radius 3 is 2.73 bits per heavy atom. The quantitative estimate of drug-likeness (QED) is 0.656. The first-order valence-corrected chi connectivity index (χ1v) is 10.8. The molecule has 1 aliphatic carbocycles. The molecule has 0 aromatic heterocycles. The normalized spacial score (nSPS) is 29.0. The molecule has 1 unspecified atom stereocenters. The smallest absolute Gasteiger partial charge is 0.250 e. The van der Waals surface area contributed by atoms with Gasteiger partial charge in [0.2, 0.25) is 17.7 Å². The molecular weight excluding hydrogens is 384 g/mol. The van der Waals surface area contributed by atoms with Crippen molar-refractivity contribution in [2.45, 2.75) is 69.4 Å². The number of aryl methyl sites for hydroxylation is 1. The topological polar surface area (TPSA) is 99.8 Å². The fourth-order valence-electron chi connectivity index (χ4n) is 4.66. The highest BCUT2D eigenvalue weighted by Crippen LogP contribution is 2.32. The van der Waals surface area contributed by atoms with Gasteiger partial charge in [0, 0.05) is 0 Å². The second kappa shape index (κ2) is 8.73. The molecule has 2 saturated heterocycles. The molecule has 8 nitrogen and oxygen atoms in total. The third kappa shape index (κ3) is 3.94. The van der Waals surface area contributed by atoms with Crippen molar-refractivity contribution in [2.24, 2.45) is 0 Å². The van der Waals surface area contributed by atoms with E-state index in [1.165, 1.54) is 16.0 Å². The van der Waals surface area contributed by atoms with Gasteiger partial charge in [0.05, 0.1) is 18.7 Å². The number of fused-ring (bicyclic) bond motifs is 2. The molecule has 4 rings (SSSR count). The Hall–Kier alpha value is -2.45. The summed E-state index contributed by atoms with van der Waals surface area (Å²) in [6, 6.07) is 6.41. The standard InChI is InChI=1S/C22H30N4O4/c1-13(23-2)20(27)25-17-12-30-19-11-10-18(26(19)22(17)29)21(28)24-16-9-5-7-14-6-3-4-8-15(14)16/h3-4,6,8,13,16-19,23H,5,7,9-12H2,1-2H3,(H,24,28)(H,25,27)/t13-,16+,17-,18?,19-/m0/s1. The van der Waals surface area contributed by atoms with Crippen LogP contribution in [0.15, 0.2) is 24.3 Å². The second-order valence-corrected chi connectivity index (χ2v) is 8.35. The van der Waals surface area contributed by atoms with Gasteiger partial charge in [-0.3, -0.25) is 14.4 Å². The molecule has 2 aliphatic heterocycles. The largest absolute Gasteiger partial charge is 0.356 e. The van der Waals surface area contributed by atoms with Crippen LogP contribution in [0.25, 0.3) is 0 Å². The number of hydrogen-bond donors (Lipinski definition) is 3. The van der Waals surface area contributed by atoms with Crippen LogP contribution < -0.4 is 16.0 Å². The molecule has 8 heteroatoms. The van der Waals surface area contributed by atoms with E-state index in [1.807, 2.05) is 12.1 Å². The van der Waals surface area contributed by atoms with E-state index in [-0.39, 0.29) is 30.4 Å². The molecule has 1 aromatic carbocycles. The van der Waals surface area contributed by atoms with Crippen molar-refractivity contribution in [1.29, 1.82) is 0 Å². The Morgan fingerprint density at radius 2 is 1.93 bits per heavy atom. The minimum Gasteiger partial charge on any atom is -0.356 e. The van der Waals surface area contributed by atoms with Crippen molar-refractivity contribution in [3.05, 3.63) is 35.4 Å². The molecule has 0 saturated carbocycles. The minimum atomic E-state index is -0.770. The van der Waals surface area contributed by atoms with Crippen LogP contribution in [-0.4, -0.2) is 60.6 Å². The Kier molecular flexibility index (Phi) is 6.06.